The fourth-order valence-corrected chi connectivity index (χ4v) is 2.83. The highest BCUT2D eigenvalue weighted by molar-refractivity contribution is 6.01. The molecule has 2 atom stereocenters. The predicted molar refractivity (Wildman–Crippen MR) is 91.3 cm³/mol. The van der Waals surface area contributed by atoms with E-state index in [9.17, 15) is 9.59 Å². The Balaban J connectivity index is 2.21. The molecule has 0 radical (unpaired) electrons. The van der Waals surface area contributed by atoms with Gasteiger partial charge in [-0.05, 0) is 6.42 Å². The van der Waals surface area contributed by atoms with Crippen LogP contribution in [0.25, 0.3) is 0 Å². The van der Waals surface area contributed by atoms with Gasteiger partial charge in [-0.1, -0.05) is 6.92 Å². The maximum atomic E-state index is 12.8. The minimum atomic E-state index is -0.469. The van der Waals surface area contributed by atoms with E-state index in [0.29, 0.717) is 30.2 Å². The minimum Gasteiger partial charge on any atom is -0.497 e. The van der Waals surface area contributed by atoms with E-state index < -0.39 is 6.04 Å². The molecule has 2 amide bonds. The normalized spacial score (nSPS) is 18.5. The first-order chi connectivity index (χ1) is 11.4. The zero-order chi connectivity index (χ0) is 17.9. The number of carbonyl (C=O) groups excluding carboxylic acids is 2. The van der Waals surface area contributed by atoms with Crippen molar-refractivity contribution >= 4 is 17.5 Å². The number of ether oxygens (including phenoxy) is 2. The molecule has 1 aromatic carbocycles. The standard InChI is InChI=1S/C17H25N3O4/c1-11(10-18)16(21)19(2)15-5-6-20(17(15)22)12-7-13(23-3)9-14(8-12)24-4/h7-9,11,15H,5-6,10,18H2,1-4H3. The van der Waals surface area contributed by atoms with Crippen LogP contribution in [0.3, 0.4) is 0 Å². The van der Waals surface area contributed by atoms with E-state index in [1.54, 1.807) is 51.3 Å². The Morgan fingerprint density at radius 3 is 2.42 bits per heavy atom. The van der Waals surface area contributed by atoms with Gasteiger partial charge in [0.2, 0.25) is 11.8 Å². The summed E-state index contributed by atoms with van der Waals surface area (Å²) in [6.45, 7) is 2.57. The topological polar surface area (TPSA) is 85.1 Å². The molecule has 0 spiro atoms. The number of benzene rings is 1. The van der Waals surface area contributed by atoms with Gasteiger partial charge in [-0.15, -0.1) is 0 Å². The summed E-state index contributed by atoms with van der Waals surface area (Å²) in [5.41, 5.74) is 6.26. The number of nitrogens with two attached hydrogens (primary N) is 1. The largest absolute Gasteiger partial charge is 0.497 e. The molecule has 1 aromatic rings. The van der Waals surface area contributed by atoms with Gasteiger partial charge >= 0.3 is 0 Å². The lowest BCUT2D eigenvalue weighted by Crippen LogP contribution is -2.46. The summed E-state index contributed by atoms with van der Waals surface area (Å²) in [6, 6.07) is 4.85. The second-order valence-corrected chi connectivity index (χ2v) is 5.95. The third kappa shape index (κ3) is 3.46. The lowest BCUT2D eigenvalue weighted by atomic mass is 10.1. The molecule has 0 aromatic heterocycles. The molecule has 1 saturated heterocycles. The lowest BCUT2D eigenvalue weighted by molar-refractivity contribution is -0.139. The SMILES string of the molecule is COc1cc(OC)cc(N2CCC(N(C)C(=O)C(C)CN)C2=O)c1. The molecule has 0 saturated carbocycles. The van der Waals surface area contributed by atoms with Crippen molar-refractivity contribution in [3.8, 4) is 11.5 Å². The molecule has 7 heteroatoms. The van der Waals surface area contributed by atoms with Gasteiger partial charge in [0.05, 0.1) is 19.9 Å². The molecular weight excluding hydrogens is 310 g/mol. The Morgan fingerprint density at radius 1 is 1.33 bits per heavy atom. The minimum absolute atomic E-state index is 0.106. The number of amides is 2. The van der Waals surface area contributed by atoms with E-state index in [4.69, 9.17) is 15.2 Å². The molecule has 2 unspecified atom stereocenters. The van der Waals surface area contributed by atoms with E-state index >= 15 is 0 Å². The van der Waals surface area contributed by atoms with Gasteiger partial charge in [-0.25, -0.2) is 0 Å². The summed E-state index contributed by atoms with van der Waals surface area (Å²) in [4.78, 5) is 28.2. The molecule has 1 aliphatic heterocycles. The Hall–Kier alpha value is -2.28. The molecule has 0 bridgehead atoms. The zero-order valence-corrected chi connectivity index (χ0v) is 14.6. The molecule has 7 nitrogen and oxygen atoms in total. The maximum Gasteiger partial charge on any atom is 0.249 e. The van der Waals surface area contributed by atoms with E-state index in [0.717, 1.165) is 0 Å². The highest BCUT2D eigenvalue weighted by Crippen LogP contribution is 2.31. The molecule has 1 heterocycles. The van der Waals surface area contributed by atoms with Crippen LogP contribution in [0.5, 0.6) is 11.5 Å². The molecule has 1 fully saturated rings. The third-order valence-electron chi connectivity index (χ3n) is 4.42. The highest BCUT2D eigenvalue weighted by atomic mass is 16.5. The molecule has 0 aliphatic carbocycles. The quantitative estimate of drug-likeness (QED) is 0.833. The van der Waals surface area contributed by atoms with Crippen LogP contribution in [0, 0.1) is 5.92 Å². The van der Waals surface area contributed by atoms with Gasteiger partial charge in [0.25, 0.3) is 0 Å². The predicted octanol–water partition coefficient (Wildman–Crippen LogP) is 0.862. The fraction of sp³-hybridized carbons (Fsp3) is 0.529. The second-order valence-electron chi connectivity index (χ2n) is 5.95. The van der Waals surface area contributed by atoms with Crippen LogP contribution < -0.4 is 20.1 Å². The number of hydrogen-bond acceptors (Lipinski definition) is 5. The van der Waals surface area contributed by atoms with Crippen LogP contribution in [0.2, 0.25) is 0 Å². The van der Waals surface area contributed by atoms with Gasteiger partial charge < -0.3 is 25.0 Å². The molecular formula is C17H25N3O4. The molecule has 1 aliphatic rings. The first kappa shape index (κ1) is 18.1. The van der Waals surface area contributed by atoms with Crippen molar-refractivity contribution in [3.63, 3.8) is 0 Å². The second kappa shape index (κ2) is 7.53. The lowest BCUT2D eigenvalue weighted by Gasteiger charge is -2.26. The molecule has 24 heavy (non-hydrogen) atoms. The van der Waals surface area contributed by atoms with Crippen LogP contribution >= 0.6 is 0 Å². The Bertz CT molecular complexity index is 598. The smallest absolute Gasteiger partial charge is 0.249 e. The van der Waals surface area contributed by atoms with Crippen molar-refractivity contribution in [2.75, 3.05) is 39.3 Å². The molecule has 2 N–H and O–H groups in total. The van der Waals surface area contributed by atoms with Crippen LogP contribution in [0.15, 0.2) is 18.2 Å². The van der Waals surface area contributed by atoms with Crippen molar-refractivity contribution < 1.29 is 19.1 Å². The molecule has 132 valence electrons. The van der Waals surface area contributed by atoms with Crippen molar-refractivity contribution in [2.45, 2.75) is 19.4 Å². The van der Waals surface area contributed by atoms with Crippen LogP contribution in [-0.4, -0.2) is 57.1 Å². The number of nitrogens with zero attached hydrogens (tertiary/aromatic N) is 2. The summed E-state index contributed by atoms with van der Waals surface area (Å²) in [5.74, 6) is 0.712. The average molecular weight is 335 g/mol. The first-order valence-corrected chi connectivity index (χ1v) is 7.94. The Kier molecular flexibility index (Phi) is 5.66. The van der Waals surface area contributed by atoms with Gasteiger partial charge in [0, 0.05) is 44.3 Å². The Labute approximate surface area is 142 Å². The molecule has 2 rings (SSSR count). The Morgan fingerprint density at radius 2 is 1.92 bits per heavy atom. The van der Waals surface area contributed by atoms with E-state index in [1.165, 1.54) is 4.90 Å². The van der Waals surface area contributed by atoms with Gasteiger partial charge in [-0.3, -0.25) is 9.59 Å². The number of anilines is 1. The van der Waals surface area contributed by atoms with Crippen molar-refractivity contribution in [1.29, 1.82) is 0 Å². The van der Waals surface area contributed by atoms with Crippen LogP contribution in [0.1, 0.15) is 13.3 Å². The summed E-state index contributed by atoms with van der Waals surface area (Å²) in [6.07, 6.45) is 0.581. The summed E-state index contributed by atoms with van der Waals surface area (Å²) in [7, 11) is 4.79. The van der Waals surface area contributed by atoms with Crippen LogP contribution in [-0.2, 0) is 9.59 Å². The number of hydrogen-bond donors (Lipinski definition) is 1. The van der Waals surface area contributed by atoms with Gasteiger partial charge in [0.1, 0.15) is 17.5 Å². The summed E-state index contributed by atoms with van der Waals surface area (Å²) < 4.78 is 10.5. The van der Waals surface area contributed by atoms with Crippen molar-refractivity contribution in [1.82, 2.24) is 4.90 Å². The van der Waals surface area contributed by atoms with E-state index in [-0.39, 0.29) is 24.3 Å². The van der Waals surface area contributed by atoms with Crippen LogP contribution in [0.4, 0.5) is 5.69 Å². The van der Waals surface area contributed by atoms with Gasteiger partial charge in [-0.2, -0.15) is 0 Å². The van der Waals surface area contributed by atoms with Gasteiger partial charge in [0.15, 0.2) is 0 Å². The maximum absolute atomic E-state index is 12.8. The highest BCUT2D eigenvalue weighted by Gasteiger charge is 2.38. The van der Waals surface area contributed by atoms with Crippen molar-refractivity contribution in [2.24, 2.45) is 11.7 Å². The summed E-state index contributed by atoms with van der Waals surface area (Å²) in [5, 5.41) is 0. The first-order valence-electron chi connectivity index (χ1n) is 7.94. The number of rotatable bonds is 6. The number of likely N-dealkylation sites (N-methyl/N-ethyl adjacent to an activating group) is 1. The average Bonchev–Trinajstić information content (AvgIpc) is 3.00. The van der Waals surface area contributed by atoms with E-state index in [1.807, 2.05) is 0 Å². The third-order valence-corrected chi connectivity index (χ3v) is 4.42. The zero-order valence-electron chi connectivity index (χ0n) is 14.6. The van der Waals surface area contributed by atoms with Crippen molar-refractivity contribution in [3.05, 3.63) is 18.2 Å². The van der Waals surface area contributed by atoms with E-state index in [2.05, 4.69) is 0 Å². The number of carbonyl (C=O) groups is 2. The summed E-state index contributed by atoms with van der Waals surface area (Å²) >= 11 is 0. The number of methoxy groups -OCH3 is 2. The monoisotopic (exact) mass is 335 g/mol. The fourth-order valence-electron chi connectivity index (χ4n) is 2.83.